The van der Waals surface area contributed by atoms with Crippen molar-refractivity contribution < 1.29 is 28.6 Å². The van der Waals surface area contributed by atoms with Gasteiger partial charge < -0.3 is 14.2 Å². The molecule has 0 aliphatic rings. The van der Waals surface area contributed by atoms with Gasteiger partial charge in [-0.15, -0.1) is 0 Å². The van der Waals surface area contributed by atoms with E-state index in [2.05, 4.69) is 69.4 Å². The van der Waals surface area contributed by atoms with Crippen LogP contribution in [0.15, 0.2) is 48.6 Å². The van der Waals surface area contributed by atoms with E-state index in [4.69, 9.17) is 14.2 Å². The first-order chi connectivity index (χ1) is 38.5. The molecule has 0 saturated carbocycles. The SMILES string of the molecule is CCCCC/C=C\C/C=C\CCCCCCCCCCCC(=O)OC(COC(=O)CCCCCCCCCCCCCCCC)COC(=O)CCCCCCCCCCCCCCCCC/C=C\C/C=C\CCCCCCC. The van der Waals surface area contributed by atoms with Crippen molar-refractivity contribution in [2.75, 3.05) is 13.2 Å². The van der Waals surface area contributed by atoms with Crippen LogP contribution in [0.25, 0.3) is 0 Å². The second-order valence-corrected chi connectivity index (χ2v) is 23.4. The summed E-state index contributed by atoms with van der Waals surface area (Å²) < 4.78 is 17.0. The Morgan fingerprint density at radius 1 is 0.256 bits per heavy atom. The maximum atomic E-state index is 12.9. The molecule has 0 amide bonds. The number of esters is 3. The van der Waals surface area contributed by atoms with Crippen LogP contribution in [0.2, 0.25) is 0 Å². The molecule has 0 bridgehead atoms. The molecule has 0 rings (SSSR count). The Bertz CT molecular complexity index is 1350. The maximum absolute atomic E-state index is 12.9. The normalized spacial score (nSPS) is 12.3. The summed E-state index contributed by atoms with van der Waals surface area (Å²) in [5.74, 6) is -0.849. The average molecular weight is 1090 g/mol. The summed E-state index contributed by atoms with van der Waals surface area (Å²) in [7, 11) is 0. The molecule has 0 aromatic heterocycles. The van der Waals surface area contributed by atoms with Gasteiger partial charge in [0, 0.05) is 19.3 Å². The number of unbranched alkanes of at least 4 members (excludes halogenated alkanes) is 45. The molecule has 0 aromatic rings. The van der Waals surface area contributed by atoms with E-state index in [1.54, 1.807) is 0 Å². The number of ether oxygens (including phenoxy) is 3. The number of rotatable bonds is 64. The lowest BCUT2D eigenvalue weighted by molar-refractivity contribution is -0.167. The molecule has 0 spiro atoms. The minimum atomic E-state index is -0.774. The molecule has 78 heavy (non-hydrogen) atoms. The first kappa shape index (κ1) is 75.4. The van der Waals surface area contributed by atoms with Gasteiger partial charge in [0.05, 0.1) is 0 Å². The van der Waals surface area contributed by atoms with E-state index in [0.717, 1.165) is 70.6 Å². The molecule has 0 aliphatic carbocycles. The highest BCUT2D eigenvalue weighted by Crippen LogP contribution is 2.18. The average Bonchev–Trinajstić information content (AvgIpc) is 3.44. The summed E-state index contributed by atoms with van der Waals surface area (Å²) in [6, 6.07) is 0. The van der Waals surface area contributed by atoms with Gasteiger partial charge in [-0.25, -0.2) is 0 Å². The predicted molar refractivity (Wildman–Crippen MR) is 339 cm³/mol. The van der Waals surface area contributed by atoms with Crippen LogP contribution < -0.4 is 0 Å². The van der Waals surface area contributed by atoms with Crippen LogP contribution in [0.1, 0.15) is 374 Å². The van der Waals surface area contributed by atoms with Crippen LogP contribution in [-0.2, 0) is 28.6 Å². The fraction of sp³-hybridized carbons (Fsp3) is 0.847. The van der Waals surface area contributed by atoms with Gasteiger partial charge in [0.1, 0.15) is 13.2 Å². The van der Waals surface area contributed by atoms with E-state index in [-0.39, 0.29) is 31.1 Å². The summed E-state index contributed by atoms with van der Waals surface area (Å²) in [6.45, 7) is 6.66. The Balaban J connectivity index is 4.24. The maximum Gasteiger partial charge on any atom is 0.306 e. The van der Waals surface area contributed by atoms with Gasteiger partial charge in [-0.1, -0.05) is 320 Å². The molecule has 1 unspecified atom stereocenters. The highest BCUT2D eigenvalue weighted by atomic mass is 16.6. The monoisotopic (exact) mass is 1090 g/mol. The second kappa shape index (κ2) is 66.9. The molecule has 0 saturated heterocycles. The van der Waals surface area contributed by atoms with E-state index in [1.807, 2.05) is 0 Å². The Kier molecular flexibility index (Phi) is 64.6. The molecule has 6 nitrogen and oxygen atoms in total. The molecule has 0 heterocycles. The quantitative estimate of drug-likeness (QED) is 0.0261. The standard InChI is InChI=1S/C72H132O6/c1-4-7-10-13-16-19-22-25-28-30-32-33-34-35-36-37-38-39-41-42-44-47-50-53-56-59-62-65-71(74)77-68-69(67-76-70(73)64-61-58-55-52-49-46-27-24-21-18-15-12-9-6-3)78-72(75)66-63-60-57-54-51-48-45-43-40-31-29-26-23-20-17-14-11-8-5-2/h17,20,22,25-26,29-30,32,69H,4-16,18-19,21,23-24,27-28,31,33-68H2,1-3H3/b20-17-,25-22-,29-26-,32-30-. The predicted octanol–water partition coefficient (Wildman–Crippen LogP) is 23.7. The minimum absolute atomic E-state index is 0.0699. The lowest BCUT2D eigenvalue weighted by Crippen LogP contribution is -2.30. The van der Waals surface area contributed by atoms with Gasteiger partial charge in [0.2, 0.25) is 0 Å². The third-order valence-corrected chi connectivity index (χ3v) is 15.6. The van der Waals surface area contributed by atoms with Crippen molar-refractivity contribution in [2.45, 2.75) is 380 Å². The van der Waals surface area contributed by atoms with Crippen molar-refractivity contribution in [3.05, 3.63) is 48.6 Å². The zero-order chi connectivity index (χ0) is 56.4. The molecule has 1 atom stereocenters. The van der Waals surface area contributed by atoms with Gasteiger partial charge in [0.25, 0.3) is 0 Å². The van der Waals surface area contributed by atoms with Crippen molar-refractivity contribution in [1.82, 2.24) is 0 Å². The van der Waals surface area contributed by atoms with E-state index in [0.29, 0.717) is 19.3 Å². The fourth-order valence-electron chi connectivity index (χ4n) is 10.3. The van der Waals surface area contributed by atoms with Crippen LogP contribution >= 0.6 is 0 Å². The summed E-state index contributed by atoms with van der Waals surface area (Å²) in [5, 5.41) is 0. The van der Waals surface area contributed by atoms with E-state index in [1.165, 1.54) is 263 Å². The molecule has 0 aromatic carbocycles. The fourth-order valence-corrected chi connectivity index (χ4v) is 10.3. The van der Waals surface area contributed by atoms with Crippen molar-refractivity contribution in [1.29, 1.82) is 0 Å². The second-order valence-electron chi connectivity index (χ2n) is 23.4. The Morgan fingerprint density at radius 3 is 0.731 bits per heavy atom. The first-order valence-corrected chi connectivity index (χ1v) is 34.6. The molecule has 0 N–H and O–H groups in total. The van der Waals surface area contributed by atoms with Gasteiger partial charge in [-0.2, -0.15) is 0 Å². The number of carbonyl (C=O) groups is 3. The van der Waals surface area contributed by atoms with Gasteiger partial charge in [-0.05, 0) is 83.5 Å². The van der Waals surface area contributed by atoms with Crippen molar-refractivity contribution in [3.63, 3.8) is 0 Å². The van der Waals surface area contributed by atoms with Crippen molar-refractivity contribution >= 4 is 17.9 Å². The molecule has 456 valence electrons. The Hall–Kier alpha value is -2.63. The zero-order valence-electron chi connectivity index (χ0n) is 52.5. The third kappa shape index (κ3) is 64.2. The van der Waals surface area contributed by atoms with Crippen molar-refractivity contribution in [3.8, 4) is 0 Å². The largest absolute Gasteiger partial charge is 0.462 e. The van der Waals surface area contributed by atoms with Gasteiger partial charge in [-0.3, -0.25) is 14.4 Å². The van der Waals surface area contributed by atoms with E-state index < -0.39 is 6.10 Å². The van der Waals surface area contributed by atoms with Crippen molar-refractivity contribution in [2.24, 2.45) is 0 Å². The van der Waals surface area contributed by atoms with Crippen LogP contribution in [0, 0.1) is 0 Å². The number of carbonyl (C=O) groups excluding carboxylic acids is 3. The molecule has 0 fully saturated rings. The van der Waals surface area contributed by atoms with Crippen LogP contribution in [0.5, 0.6) is 0 Å². The molecular weight excluding hydrogens is 961 g/mol. The lowest BCUT2D eigenvalue weighted by Gasteiger charge is -2.18. The molecule has 6 heteroatoms. The first-order valence-electron chi connectivity index (χ1n) is 34.6. The van der Waals surface area contributed by atoms with E-state index >= 15 is 0 Å². The summed E-state index contributed by atoms with van der Waals surface area (Å²) in [4.78, 5) is 38.4. The number of hydrogen-bond donors (Lipinski definition) is 0. The minimum Gasteiger partial charge on any atom is -0.462 e. The van der Waals surface area contributed by atoms with Gasteiger partial charge >= 0.3 is 17.9 Å². The number of hydrogen-bond acceptors (Lipinski definition) is 6. The summed E-state index contributed by atoms with van der Waals surface area (Å²) in [5.41, 5.74) is 0. The van der Waals surface area contributed by atoms with E-state index in [9.17, 15) is 14.4 Å². The molecule has 0 radical (unpaired) electrons. The summed E-state index contributed by atoms with van der Waals surface area (Å²) in [6.07, 6.45) is 84.1. The topological polar surface area (TPSA) is 78.9 Å². The van der Waals surface area contributed by atoms with Crippen LogP contribution in [0.3, 0.4) is 0 Å². The van der Waals surface area contributed by atoms with Gasteiger partial charge in [0.15, 0.2) is 6.10 Å². The smallest absolute Gasteiger partial charge is 0.306 e. The lowest BCUT2D eigenvalue weighted by atomic mass is 10.0. The highest BCUT2D eigenvalue weighted by molar-refractivity contribution is 5.71. The zero-order valence-corrected chi connectivity index (χ0v) is 52.5. The highest BCUT2D eigenvalue weighted by Gasteiger charge is 2.19. The summed E-state index contributed by atoms with van der Waals surface area (Å²) >= 11 is 0. The van der Waals surface area contributed by atoms with Crippen LogP contribution in [0.4, 0.5) is 0 Å². The Morgan fingerprint density at radius 2 is 0.462 bits per heavy atom. The third-order valence-electron chi connectivity index (χ3n) is 15.6. The Labute approximate surface area is 486 Å². The molecular formula is C72H132O6. The molecule has 0 aliphatic heterocycles. The number of allylic oxidation sites excluding steroid dienone is 8. The van der Waals surface area contributed by atoms with Crippen LogP contribution in [-0.4, -0.2) is 37.2 Å².